The third-order valence-electron chi connectivity index (χ3n) is 1.78. The minimum Gasteiger partial charge on any atom is -0.381 e. The standard InChI is InChI=1S/C10H21O2/c1-2-9-12-10-7-5-3-4-6-8-11/h2-10H2,1H3. The normalized spacial score (nSPS) is 10.5. The molecule has 0 saturated heterocycles. The monoisotopic (exact) mass is 173 g/mol. The molecule has 0 spiro atoms. The number of unbranched alkanes of at least 4 members (excludes halogenated alkanes) is 4. The molecular formula is C10H21O2. The number of hydrogen-bond donors (Lipinski definition) is 0. The number of rotatable bonds is 9. The summed E-state index contributed by atoms with van der Waals surface area (Å²) in [5.74, 6) is 0. The number of ether oxygens (including phenoxy) is 1. The molecule has 1 radical (unpaired) electrons. The van der Waals surface area contributed by atoms with E-state index in [1.807, 2.05) is 0 Å². The second-order valence-electron chi connectivity index (χ2n) is 3.08. The Morgan fingerprint density at radius 3 is 2.25 bits per heavy atom. The molecule has 73 valence electrons. The average Bonchev–Trinajstić information content (AvgIpc) is 2.10. The van der Waals surface area contributed by atoms with Gasteiger partial charge < -0.3 is 4.74 Å². The molecule has 0 fully saturated rings. The van der Waals surface area contributed by atoms with Gasteiger partial charge in [-0.3, -0.25) is 0 Å². The zero-order chi connectivity index (χ0) is 9.07. The SMILES string of the molecule is CCCOCCCCCCC[O]. The fourth-order valence-corrected chi connectivity index (χ4v) is 1.08. The first-order valence-corrected chi connectivity index (χ1v) is 5.07. The maximum atomic E-state index is 10.1. The fourth-order valence-electron chi connectivity index (χ4n) is 1.08. The molecule has 0 unspecified atom stereocenters. The highest BCUT2D eigenvalue weighted by Gasteiger charge is 1.90. The summed E-state index contributed by atoms with van der Waals surface area (Å²) in [5.41, 5.74) is 0. The molecule has 0 aliphatic rings. The van der Waals surface area contributed by atoms with Gasteiger partial charge in [-0.25, -0.2) is 5.11 Å². The van der Waals surface area contributed by atoms with E-state index in [0.29, 0.717) is 0 Å². The molecule has 2 nitrogen and oxygen atoms in total. The summed E-state index contributed by atoms with van der Waals surface area (Å²) in [6, 6.07) is 0. The van der Waals surface area contributed by atoms with Crippen LogP contribution in [0.15, 0.2) is 0 Å². The van der Waals surface area contributed by atoms with Crippen LogP contribution in [0.3, 0.4) is 0 Å². The van der Waals surface area contributed by atoms with Crippen LogP contribution in [0.25, 0.3) is 0 Å². The third kappa shape index (κ3) is 9.92. The van der Waals surface area contributed by atoms with Crippen molar-refractivity contribution in [1.29, 1.82) is 0 Å². The van der Waals surface area contributed by atoms with Crippen LogP contribution >= 0.6 is 0 Å². The van der Waals surface area contributed by atoms with E-state index < -0.39 is 0 Å². The number of hydrogen-bond acceptors (Lipinski definition) is 1. The van der Waals surface area contributed by atoms with Crippen LogP contribution in [-0.2, 0) is 9.84 Å². The minimum absolute atomic E-state index is 0.0896. The summed E-state index contributed by atoms with van der Waals surface area (Å²) in [5, 5.41) is 10.1. The maximum absolute atomic E-state index is 10.1. The van der Waals surface area contributed by atoms with Crippen molar-refractivity contribution < 1.29 is 9.84 Å². The molecule has 0 bridgehead atoms. The minimum atomic E-state index is 0.0896. The van der Waals surface area contributed by atoms with E-state index >= 15 is 0 Å². The fraction of sp³-hybridized carbons (Fsp3) is 1.00. The predicted molar refractivity (Wildman–Crippen MR) is 49.7 cm³/mol. The lowest BCUT2D eigenvalue weighted by molar-refractivity contribution is 0.130. The van der Waals surface area contributed by atoms with Crippen molar-refractivity contribution in [2.75, 3.05) is 19.8 Å². The van der Waals surface area contributed by atoms with Gasteiger partial charge in [0, 0.05) is 13.2 Å². The van der Waals surface area contributed by atoms with E-state index in [-0.39, 0.29) is 6.61 Å². The highest BCUT2D eigenvalue weighted by atomic mass is 16.5. The van der Waals surface area contributed by atoms with Crippen molar-refractivity contribution >= 4 is 0 Å². The molecule has 0 aromatic carbocycles. The van der Waals surface area contributed by atoms with E-state index in [2.05, 4.69) is 6.92 Å². The second-order valence-corrected chi connectivity index (χ2v) is 3.08. The van der Waals surface area contributed by atoms with Gasteiger partial charge in [0.05, 0.1) is 6.61 Å². The molecule has 0 aromatic rings. The first-order valence-electron chi connectivity index (χ1n) is 5.07. The van der Waals surface area contributed by atoms with Gasteiger partial charge in [0.15, 0.2) is 0 Å². The van der Waals surface area contributed by atoms with Crippen molar-refractivity contribution in [2.24, 2.45) is 0 Å². The summed E-state index contributed by atoms with van der Waals surface area (Å²) >= 11 is 0. The van der Waals surface area contributed by atoms with Crippen LogP contribution in [-0.4, -0.2) is 19.8 Å². The van der Waals surface area contributed by atoms with Gasteiger partial charge in [0.1, 0.15) is 0 Å². The quantitative estimate of drug-likeness (QED) is 0.493. The summed E-state index contributed by atoms with van der Waals surface area (Å²) in [6.07, 6.45) is 6.60. The van der Waals surface area contributed by atoms with Crippen molar-refractivity contribution in [3.63, 3.8) is 0 Å². The van der Waals surface area contributed by atoms with Crippen molar-refractivity contribution in [1.82, 2.24) is 0 Å². The van der Waals surface area contributed by atoms with Crippen molar-refractivity contribution in [3.05, 3.63) is 0 Å². The molecule has 0 saturated carbocycles. The van der Waals surface area contributed by atoms with Gasteiger partial charge in [-0.1, -0.05) is 26.2 Å². The average molecular weight is 173 g/mol. The molecule has 0 heterocycles. The van der Waals surface area contributed by atoms with Crippen molar-refractivity contribution in [2.45, 2.75) is 45.4 Å². The zero-order valence-electron chi connectivity index (χ0n) is 8.18. The first-order chi connectivity index (χ1) is 5.91. The topological polar surface area (TPSA) is 29.1 Å². The molecule has 0 atom stereocenters. The lowest BCUT2D eigenvalue weighted by Gasteiger charge is -2.01. The Balaban J connectivity index is 2.73. The Kier molecular flexibility index (Phi) is 10.8. The second kappa shape index (κ2) is 10.9. The van der Waals surface area contributed by atoms with Crippen LogP contribution < -0.4 is 0 Å². The van der Waals surface area contributed by atoms with Gasteiger partial charge in [-0.15, -0.1) is 0 Å². The van der Waals surface area contributed by atoms with Crippen molar-refractivity contribution in [3.8, 4) is 0 Å². The Hall–Kier alpha value is -0.0800. The predicted octanol–water partition coefficient (Wildman–Crippen LogP) is 2.79. The Morgan fingerprint density at radius 2 is 1.58 bits per heavy atom. The molecule has 12 heavy (non-hydrogen) atoms. The zero-order valence-corrected chi connectivity index (χ0v) is 8.18. The highest BCUT2D eigenvalue weighted by Crippen LogP contribution is 2.02. The lowest BCUT2D eigenvalue weighted by Crippen LogP contribution is -1.95. The molecule has 0 aliphatic heterocycles. The summed E-state index contributed by atoms with van der Waals surface area (Å²) in [7, 11) is 0. The van der Waals surface area contributed by atoms with Gasteiger partial charge in [-0.05, 0) is 19.3 Å². The van der Waals surface area contributed by atoms with E-state index in [9.17, 15) is 5.11 Å². The van der Waals surface area contributed by atoms with Gasteiger partial charge in [0.2, 0.25) is 0 Å². The smallest absolute Gasteiger partial charge is 0.0822 e. The van der Waals surface area contributed by atoms with Gasteiger partial charge >= 0.3 is 0 Å². The molecule has 0 rings (SSSR count). The Morgan fingerprint density at radius 1 is 0.917 bits per heavy atom. The summed E-state index contributed by atoms with van der Waals surface area (Å²) in [6.45, 7) is 3.99. The van der Waals surface area contributed by atoms with E-state index in [0.717, 1.165) is 38.9 Å². The molecular weight excluding hydrogens is 152 g/mol. The van der Waals surface area contributed by atoms with Gasteiger partial charge in [-0.2, -0.15) is 0 Å². The summed E-state index contributed by atoms with van der Waals surface area (Å²) in [4.78, 5) is 0. The lowest BCUT2D eigenvalue weighted by atomic mass is 10.1. The Bertz CT molecular complexity index is 64.2. The molecule has 0 aliphatic carbocycles. The van der Waals surface area contributed by atoms with Crippen LogP contribution in [0.5, 0.6) is 0 Å². The highest BCUT2D eigenvalue weighted by molar-refractivity contribution is 4.43. The van der Waals surface area contributed by atoms with E-state index in [1.165, 1.54) is 12.8 Å². The molecule has 0 amide bonds. The van der Waals surface area contributed by atoms with Gasteiger partial charge in [0.25, 0.3) is 0 Å². The van der Waals surface area contributed by atoms with Crippen LogP contribution in [0, 0.1) is 0 Å². The molecule has 0 N–H and O–H groups in total. The molecule has 2 heteroatoms. The van der Waals surface area contributed by atoms with E-state index in [1.54, 1.807) is 0 Å². The first kappa shape index (κ1) is 11.9. The largest absolute Gasteiger partial charge is 0.381 e. The van der Waals surface area contributed by atoms with Crippen LogP contribution in [0.2, 0.25) is 0 Å². The molecule has 0 aromatic heterocycles. The summed E-state index contributed by atoms with van der Waals surface area (Å²) < 4.78 is 5.33. The third-order valence-corrected chi connectivity index (χ3v) is 1.78. The van der Waals surface area contributed by atoms with Crippen LogP contribution in [0.4, 0.5) is 0 Å². The van der Waals surface area contributed by atoms with E-state index in [4.69, 9.17) is 4.74 Å². The Labute approximate surface area is 75.9 Å². The maximum Gasteiger partial charge on any atom is 0.0822 e. The van der Waals surface area contributed by atoms with Crippen LogP contribution in [0.1, 0.15) is 45.4 Å².